The zero-order valence-electron chi connectivity index (χ0n) is 14.2. The molecule has 0 bridgehead atoms. The van der Waals surface area contributed by atoms with Gasteiger partial charge in [-0.2, -0.15) is 0 Å². The van der Waals surface area contributed by atoms with Crippen molar-refractivity contribution in [2.75, 3.05) is 12.1 Å². The summed E-state index contributed by atoms with van der Waals surface area (Å²) in [6.45, 7) is 2.09. The maximum atomic E-state index is 12.1. The van der Waals surface area contributed by atoms with Crippen LogP contribution in [0, 0.1) is 0 Å². The average molecular weight is 353 g/mol. The predicted molar refractivity (Wildman–Crippen MR) is 97.8 cm³/mol. The summed E-state index contributed by atoms with van der Waals surface area (Å²) in [6.07, 6.45) is 3.18. The molecule has 1 heterocycles. The zero-order valence-corrected chi connectivity index (χ0v) is 14.2. The van der Waals surface area contributed by atoms with Gasteiger partial charge in [0.2, 0.25) is 12.7 Å². The summed E-state index contributed by atoms with van der Waals surface area (Å²) in [5.41, 5.74) is 7.42. The van der Waals surface area contributed by atoms with Crippen molar-refractivity contribution in [2.45, 2.75) is 13.0 Å². The molecule has 2 aromatic carbocycles. The molecule has 0 spiro atoms. The maximum Gasteiger partial charge on any atom is 0.316 e. The Balaban J connectivity index is 1.57. The van der Waals surface area contributed by atoms with Gasteiger partial charge >= 0.3 is 6.03 Å². The van der Waals surface area contributed by atoms with E-state index in [9.17, 15) is 9.59 Å². The minimum atomic E-state index is -0.618. The van der Waals surface area contributed by atoms with Crippen molar-refractivity contribution in [3.63, 3.8) is 0 Å². The first-order valence-corrected chi connectivity index (χ1v) is 8.06. The van der Waals surface area contributed by atoms with Crippen molar-refractivity contribution in [3.05, 3.63) is 59.7 Å². The number of benzene rings is 2. The average Bonchev–Trinajstić information content (AvgIpc) is 3.07. The topological polar surface area (TPSA) is 103 Å². The second-order valence-electron chi connectivity index (χ2n) is 5.79. The fraction of sp³-hybridized carbons (Fsp3) is 0.158. The van der Waals surface area contributed by atoms with Crippen molar-refractivity contribution in [2.24, 2.45) is 5.73 Å². The molecule has 0 saturated carbocycles. The highest BCUT2D eigenvalue weighted by Gasteiger charge is 2.12. The van der Waals surface area contributed by atoms with E-state index in [1.165, 1.54) is 6.08 Å². The lowest BCUT2D eigenvalue weighted by Gasteiger charge is -2.13. The summed E-state index contributed by atoms with van der Waals surface area (Å²) in [5, 5.41) is 5.37. The van der Waals surface area contributed by atoms with Crippen LogP contribution in [0.4, 0.5) is 10.5 Å². The van der Waals surface area contributed by atoms with Crippen LogP contribution >= 0.6 is 0 Å². The number of nitrogens with two attached hydrogens (primary N) is 1. The standard InChI is InChI=1S/C19H19N3O4/c1-12(14-4-6-15(7-5-14)22-19(20)24)21-18(23)9-3-13-2-8-16-17(10-13)26-11-25-16/h2-10,12H,11H2,1H3,(H,21,23)(H3,20,22,24)/b9-3+. The van der Waals surface area contributed by atoms with Crippen LogP contribution in [0.25, 0.3) is 6.08 Å². The molecule has 1 unspecified atom stereocenters. The van der Waals surface area contributed by atoms with Gasteiger partial charge in [-0.05, 0) is 48.4 Å². The first kappa shape index (κ1) is 17.3. The molecule has 0 aliphatic carbocycles. The molecule has 3 rings (SSSR count). The molecule has 26 heavy (non-hydrogen) atoms. The van der Waals surface area contributed by atoms with E-state index < -0.39 is 6.03 Å². The van der Waals surface area contributed by atoms with Crippen molar-refractivity contribution in [1.82, 2.24) is 5.32 Å². The van der Waals surface area contributed by atoms with E-state index in [1.807, 2.05) is 37.3 Å². The van der Waals surface area contributed by atoms with Crippen LogP contribution < -0.4 is 25.8 Å². The van der Waals surface area contributed by atoms with Crippen LogP contribution in [0.3, 0.4) is 0 Å². The molecule has 1 aliphatic heterocycles. The molecule has 2 aromatic rings. The second kappa shape index (κ2) is 7.60. The number of hydrogen-bond donors (Lipinski definition) is 3. The normalized spacial score (nSPS) is 13.4. The van der Waals surface area contributed by atoms with Gasteiger partial charge in [-0.25, -0.2) is 4.79 Å². The smallest absolute Gasteiger partial charge is 0.316 e. The molecule has 134 valence electrons. The van der Waals surface area contributed by atoms with Crippen molar-refractivity contribution < 1.29 is 19.1 Å². The highest BCUT2D eigenvalue weighted by Crippen LogP contribution is 2.32. The Kier molecular flexibility index (Phi) is 5.07. The van der Waals surface area contributed by atoms with E-state index in [2.05, 4.69) is 10.6 Å². The van der Waals surface area contributed by atoms with E-state index in [-0.39, 0.29) is 18.7 Å². The number of primary amides is 1. The van der Waals surface area contributed by atoms with Gasteiger partial charge in [0.25, 0.3) is 0 Å². The largest absolute Gasteiger partial charge is 0.454 e. The van der Waals surface area contributed by atoms with Crippen molar-refractivity contribution in [3.8, 4) is 11.5 Å². The van der Waals surface area contributed by atoms with Gasteiger partial charge in [-0.3, -0.25) is 4.79 Å². The highest BCUT2D eigenvalue weighted by atomic mass is 16.7. The zero-order chi connectivity index (χ0) is 18.5. The lowest BCUT2D eigenvalue weighted by Crippen LogP contribution is -2.24. The third-order valence-corrected chi connectivity index (χ3v) is 3.86. The van der Waals surface area contributed by atoms with Gasteiger partial charge in [0.1, 0.15) is 0 Å². The quantitative estimate of drug-likeness (QED) is 0.719. The Bertz CT molecular complexity index is 846. The molecule has 7 heteroatoms. The summed E-state index contributed by atoms with van der Waals surface area (Å²) < 4.78 is 10.6. The molecule has 0 fully saturated rings. The van der Waals surface area contributed by atoms with Gasteiger partial charge < -0.3 is 25.8 Å². The number of carbonyl (C=O) groups excluding carboxylic acids is 2. The third kappa shape index (κ3) is 4.32. The lowest BCUT2D eigenvalue weighted by molar-refractivity contribution is -0.117. The molecule has 7 nitrogen and oxygen atoms in total. The predicted octanol–water partition coefficient (Wildman–Crippen LogP) is 2.80. The Morgan fingerprint density at radius 1 is 1.12 bits per heavy atom. The first-order chi connectivity index (χ1) is 12.5. The van der Waals surface area contributed by atoms with Gasteiger partial charge in [-0.1, -0.05) is 18.2 Å². The fourth-order valence-electron chi connectivity index (χ4n) is 2.53. The molecule has 1 aliphatic rings. The summed E-state index contributed by atoms with van der Waals surface area (Å²) in [4.78, 5) is 22.9. The van der Waals surface area contributed by atoms with Gasteiger partial charge in [0.05, 0.1) is 6.04 Å². The number of rotatable bonds is 5. The van der Waals surface area contributed by atoms with E-state index in [1.54, 1.807) is 18.2 Å². The SMILES string of the molecule is CC(NC(=O)/C=C/c1ccc2c(c1)OCO2)c1ccc(NC(N)=O)cc1. The summed E-state index contributed by atoms with van der Waals surface area (Å²) in [7, 11) is 0. The molecule has 0 saturated heterocycles. The van der Waals surface area contributed by atoms with E-state index >= 15 is 0 Å². The number of ether oxygens (including phenoxy) is 2. The third-order valence-electron chi connectivity index (χ3n) is 3.86. The molecule has 3 amide bonds. The lowest BCUT2D eigenvalue weighted by atomic mass is 10.1. The monoisotopic (exact) mass is 353 g/mol. The van der Waals surface area contributed by atoms with Crippen LogP contribution in [-0.4, -0.2) is 18.7 Å². The Hall–Kier alpha value is -3.48. The number of amides is 3. The Morgan fingerprint density at radius 2 is 1.85 bits per heavy atom. The Labute approximate surface area is 150 Å². The summed E-state index contributed by atoms with van der Waals surface area (Å²) >= 11 is 0. The van der Waals surface area contributed by atoms with Crippen LogP contribution in [0.15, 0.2) is 48.5 Å². The molecule has 4 N–H and O–H groups in total. The van der Waals surface area contributed by atoms with Crippen LogP contribution in [0.1, 0.15) is 24.1 Å². The highest BCUT2D eigenvalue weighted by molar-refractivity contribution is 5.92. The number of anilines is 1. The Morgan fingerprint density at radius 3 is 2.58 bits per heavy atom. The van der Waals surface area contributed by atoms with Crippen molar-refractivity contribution >= 4 is 23.7 Å². The molecule has 1 atom stereocenters. The van der Waals surface area contributed by atoms with Crippen LogP contribution in [0.5, 0.6) is 11.5 Å². The molecular formula is C19H19N3O4. The molecule has 0 radical (unpaired) electrons. The first-order valence-electron chi connectivity index (χ1n) is 8.06. The number of nitrogens with one attached hydrogen (secondary N) is 2. The number of carbonyl (C=O) groups is 2. The van der Waals surface area contributed by atoms with Gasteiger partial charge in [0, 0.05) is 11.8 Å². The maximum absolute atomic E-state index is 12.1. The van der Waals surface area contributed by atoms with E-state index in [0.717, 1.165) is 11.1 Å². The minimum Gasteiger partial charge on any atom is -0.454 e. The van der Waals surface area contributed by atoms with E-state index in [0.29, 0.717) is 17.2 Å². The fourth-order valence-corrected chi connectivity index (χ4v) is 2.53. The minimum absolute atomic E-state index is 0.188. The summed E-state index contributed by atoms with van der Waals surface area (Å²) in [5.74, 6) is 1.16. The van der Waals surface area contributed by atoms with Gasteiger partial charge in [0.15, 0.2) is 11.5 Å². The van der Waals surface area contributed by atoms with Gasteiger partial charge in [-0.15, -0.1) is 0 Å². The van der Waals surface area contributed by atoms with Crippen LogP contribution in [-0.2, 0) is 4.79 Å². The van der Waals surface area contributed by atoms with E-state index in [4.69, 9.17) is 15.2 Å². The molecular weight excluding hydrogens is 334 g/mol. The second-order valence-corrected chi connectivity index (χ2v) is 5.79. The number of hydrogen-bond acceptors (Lipinski definition) is 4. The number of fused-ring (bicyclic) bond motifs is 1. The number of urea groups is 1. The summed E-state index contributed by atoms with van der Waals surface area (Å²) in [6, 6.07) is 11.8. The molecule has 0 aromatic heterocycles. The van der Waals surface area contributed by atoms with Crippen LogP contribution in [0.2, 0.25) is 0 Å². The van der Waals surface area contributed by atoms with Crippen molar-refractivity contribution in [1.29, 1.82) is 0 Å².